The van der Waals surface area contributed by atoms with Crippen LogP contribution in [0.4, 0.5) is 0 Å². The quantitative estimate of drug-likeness (QED) is 0.0699. The third-order valence-corrected chi connectivity index (χ3v) is 10.3. The fourth-order valence-corrected chi connectivity index (χ4v) is 7.58. The van der Waals surface area contributed by atoms with Gasteiger partial charge < -0.3 is 42.0 Å². The van der Waals surface area contributed by atoms with Crippen LogP contribution in [0.5, 0.6) is 0 Å². The maximum absolute atomic E-state index is 14.4. The number of H-pyrrole nitrogens is 1. The van der Waals surface area contributed by atoms with Crippen LogP contribution >= 0.6 is 11.3 Å². The Morgan fingerprint density at radius 1 is 0.981 bits per heavy atom. The molecular formula is C36H41N9O6S. The van der Waals surface area contributed by atoms with Gasteiger partial charge in [-0.25, -0.2) is 9.78 Å². The topological polar surface area (TPSA) is 229 Å². The lowest BCUT2D eigenvalue weighted by Crippen LogP contribution is -2.60. The van der Waals surface area contributed by atoms with Crippen molar-refractivity contribution < 1.29 is 29.1 Å². The Kier molecular flexibility index (Phi) is 10.8. The molecule has 0 bridgehead atoms. The molecule has 272 valence electrons. The molecule has 0 spiro atoms. The van der Waals surface area contributed by atoms with Crippen LogP contribution in [0.15, 0.2) is 64.4 Å². The number of hydrogen-bond donors (Lipinski definition) is 6. The average Bonchev–Trinajstić information content (AvgIpc) is 3.78. The van der Waals surface area contributed by atoms with E-state index in [1.54, 1.807) is 10.9 Å². The number of nitrogens with zero attached hydrogens (tertiary/aromatic N) is 4. The molecule has 1 unspecified atom stereocenters. The van der Waals surface area contributed by atoms with Gasteiger partial charge in [0, 0.05) is 61.3 Å². The van der Waals surface area contributed by atoms with Crippen molar-refractivity contribution in [2.45, 2.75) is 76.3 Å². The number of aliphatic imine (C=N–C) groups is 1. The van der Waals surface area contributed by atoms with Gasteiger partial charge in [-0.3, -0.25) is 24.2 Å². The van der Waals surface area contributed by atoms with Crippen LogP contribution in [0.1, 0.15) is 47.8 Å². The third kappa shape index (κ3) is 7.91. The lowest BCUT2D eigenvalue weighted by molar-refractivity contribution is -0.153. The molecule has 0 fully saturated rings. The van der Waals surface area contributed by atoms with Crippen molar-refractivity contribution in [3.63, 3.8) is 0 Å². The number of amides is 4. The molecule has 15 nitrogen and oxygen atoms in total. The van der Waals surface area contributed by atoms with E-state index in [0.29, 0.717) is 5.69 Å². The summed E-state index contributed by atoms with van der Waals surface area (Å²) in [6.07, 6.45) is 0.725. The molecule has 4 amide bonds. The number of aromatic nitrogens is 2. The largest absolute Gasteiger partial charge is 0.480 e. The van der Waals surface area contributed by atoms with E-state index in [4.69, 9.17) is 11.5 Å². The fourth-order valence-electron chi connectivity index (χ4n) is 7.01. The Hall–Kier alpha value is -5.77. The minimum atomic E-state index is -1.19. The first-order chi connectivity index (χ1) is 25.0. The average molecular weight is 728 g/mol. The van der Waals surface area contributed by atoms with Crippen molar-refractivity contribution in [1.82, 2.24) is 30.4 Å². The summed E-state index contributed by atoms with van der Waals surface area (Å²) in [4.78, 5) is 82.1. The fraction of sp³-hybridized carbons (Fsp3) is 0.361. The zero-order chi connectivity index (χ0) is 36.9. The van der Waals surface area contributed by atoms with E-state index in [-0.39, 0.29) is 63.6 Å². The highest BCUT2D eigenvalue weighted by Gasteiger charge is 2.40. The number of nitrogens with two attached hydrogens (primary N) is 2. The van der Waals surface area contributed by atoms with Gasteiger partial charge in [-0.1, -0.05) is 42.5 Å². The molecule has 2 aromatic carbocycles. The summed E-state index contributed by atoms with van der Waals surface area (Å²) in [5, 5.41) is 18.6. The molecule has 52 heavy (non-hydrogen) atoms. The van der Waals surface area contributed by atoms with Crippen LogP contribution in [0.3, 0.4) is 0 Å². The summed E-state index contributed by atoms with van der Waals surface area (Å²) >= 11 is 1.33. The molecule has 0 saturated heterocycles. The molecule has 2 aliphatic rings. The van der Waals surface area contributed by atoms with Gasteiger partial charge in [-0.2, -0.15) is 0 Å². The van der Waals surface area contributed by atoms with E-state index in [0.717, 1.165) is 33.3 Å². The number of carbonyl (C=O) groups excluding carboxylic acids is 4. The molecule has 8 N–H and O–H groups in total. The maximum Gasteiger partial charge on any atom is 0.326 e. The summed E-state index contributed by atoms with van der Waals surface area (Å²) in [6.45, 7) is 1.80. The van der Waals surface area contributed by atoms with Gasteiger partial charge in [-0.05, 0) is 35.6 Å². The van der Waals surface area contributed by atoms with Crippen LogP contribution in [-0.4, -0.2) is 91.1 Å². The van der Waals surface area contributed by atoms with Gasteiger partial charge in [0.15, 0.2) is 5.96 Å². The van der Waals surface area contributed by atoms with Gasteiger partial charge in [0.25, 0.3) is 0 Å². The zero-order valence-corrected chi connectivity index (χ0v) is 29.4. The molecule has 0 saturated carbocycles. The molecule has 4 heterocycles. The number of thiazole rings is 1. The predicted molar refractivity (Wildman–Crippen MR) is 194 cm³/mol. The predicted octanol–water partition coefficient (Wildman–Crippen LogP) is 1.20. The second kappa shape index (κ2) is 15.6. The van der Waals surface area contributed by atoms with Crippen molar-refractivity contribution in [2.24, 2.45) is 16.5 Å². The number of carboxylic acids is 1. The number of rotatable bonds is 12. The number of benzene rings is 2. The minimum Gasteiger partial charge on any atom is -0.480 e. The van der Waals surface area contributed by atoms with E-state index in [1.165, 1.54) is 28.1 Å². The number of guanidine groups is 1. The van der Waals surface area contributed by atoms with Gasteiger partial charge in [-0.15, -0.1) is 11.3 Å². The number of aliphatic carboxylic acids is 1. The number of para-hydroxylation sites is 1. The van der Waals surface area contributed by atoms with Crippen molar-refractivity contribution in [1.29, 1.82) is 0 Å². The standard InChI is InChI=1S/C36H41N9O6S/c1-20(46)44-16-22-8-3-2-7-21(22)13-30(44)33(48)43-28(14-23-18-52-19-40-23)32(47)42-27(11-6-12-39-36(37)38)34(49)45-17-29-25(15-31(45)35(50)51)24-9-4-5-10-26(24)41-29/h2-5,7-10,18-19,27-28,30-31,41H,6,11-17H2,1H3,(H,42,47)(H,43,48)(H,50,51)(H4,37,38,39)/t27-,28-,30-,31?/m0/s1. The van der Waals surface area contributed by atoms with Crippen LogP contribution in [0.2, 0.25) is 0 Å². The normalized spacial score (nSPS) is 17.7. The van der Waals surface area contributed by atoms with E-state index in [2.05, 4.69) is 25.6 Å². The Bertz CT molecular complexity index is 2010. The SMILES string of the molecule is CC(=O)N1Cc2ccccc2C[C@H]1C(=O)N[C@@H](Cc1cscn1)C(=O)N[C@@H](CCCN=C(N)N)C(=O)N1Cc2[nH]c3ccccc3c2CC1C(=O)O. The van der Waals surface area contributed by atoms with Crippen LogP contribution in [0, 0.1) is 0 Å². The highest BCUT2D eigenvalue weighted by molar-refractivity contribution is 7.07. The summed E-state index contributed by atoms with van der Waals surface area (Å²) in [5.74, 6) is -3.37. The molecule has 0 aliphatic carbocycles. The van der Waals surface area contributed by atoms with Crippen molar-refractivity contribution >= 4 is 57.8 Å². The van der Waals surface area contributed by atoms with E-state index in [1.807, 2.05) is 48.5 Å². The first-order valence-corrected chi connectivity index (χ1v) is 17.9. The van der Waals surface area contributed by atoms with Gasteiger partial charge >= 0.3 is 5.97 Å². The van der Waals surface area contributed by atoms with E-state index in [9.17, 15) is 29.1 Å². The number of aromatic amines is 1. The van der Waals surface area contributed by atoms with Crippen molar-refractivity contribution in [3.05, 3.63) is 87.5 Å². The van der Waals surface area contributed by atoms with Crippen LogP contribution < -0.4 is 22.1 Å². The molecule has 2 aliphatic heterocycles. The number of hydrogen-bond acceptors (Lipinski definition) is 8. The van der Waals surface area contributed by atoms with Crippen molar-refractivity contribution in [3.8, 4) is 0 Å². The summed E-state index contributed by atoms with van der Waals surface area (Å²) in [6, 6.07) is 10.7. The van der Waals surface area contributed by atoms with E-state index < -0.39 is 47.9 Å². The summed E-state index contributed by atoms with van der Waals surface area (Å²) in [5.41, 5.74) is 17.4. The number of nitrogens with one attached hydrogen (secondary N) is 3. The Morgan fingerprint density at radius 3 is 2.44 bits per heavy atom. The molecule has 2 aromatic heterocycles. The lowest BCUT2D eigenvalue weighted by Gasteiger charge is -2.37. The zero-order valence-electron chi connectivity index (χ0n) is 28.6. The van der Waals surface area contributed by atoms with Crippen LogP contribution in [0.25, 0.3) is 10.9 Å². The molecule has 6 rings (SSSR count). The second-order valence-electron chi connectivity index (χ2n) is 13.0. The third-order valence-electron chi connectivity index (χ3n) is 9.62. The summed E-state index contributed by atoms with van der Waals surface area (Å²) in [7, 11) is 0. The highest BCUT2D eigenvalue weighted by Crippen LogP contribution is 2.31. The minimum absolute atomic E-state index is 0.0108. The number of carboxylic acid groups (broad SMARTS) is 1. The first kappa shape index (κ1) is 36.0. The molecule has 16 heteroatoms. The Labute approximate surface area is 303 Å². The second-order valence-corrected chi connectivity index (χ2v) is 13.8. The first-order valence-electron chi connectivity index (χ1n) is 17.0. The summed E-state index contributed by atoms with van der Waals surface area (Å²) < 4.78 is 0. The lowest BCUT2D eigenvalue weighted by atomic mass is 9.93. The van der Waals surface area contributed by atoms with Crippen LogP contribution in [-0.2, 0) is 56.3 Å². The van der Waals surface area contributed by atoms with Crippen molar-refractivity contribution in [2.75, 3.05) is 6.54 Å². The Balaban J connectivity index is 1.26. The number of carbonyl (C=O) groups is 5. The maximum atomic E-state index is 14.4. The van der Waals surface area contributed by atoms with E-state index >= 15 is 0 Å². The Morgan fingerprint density at radius 2 is 1.73 bits per heavy atom. The number of fused-ring (bicyclic) bond motifs is 4. The smallest absolute Gasteiger partial charge is 0.326 e. The van der Waals surface area contributed by atoms with Gasteiger partial charge in [0.1, 0.15) is 24.2 Å². The molecule has 0 radical (unpaired) electrons. The van der Waals surface area contributed by atoms with Gasteiger partial charge in [0.05, 0.1) is 17.7 Å². The molecular weight excluding hydrogens is 687 g/mol. The van der Waals surface area contributed by atoms with Gasteiger partial charge in [0.2, 0.25) is 23.6 Å². The monoisotopic (exact) mass is 727 g/mol. The molecule has 4 aromatic rings. The molecule has 4 atom stereocenters. The highest BCUT2D eigenvalue weighted by atomic mass is 32.1.